The van der Waals surface area contributed by atoms with Gasteiger partial charge in [0.2, 0.25) is 11.4 Å². The number of ketones is 1. The quantitative estimate of drug-likeness (QED) is 0.311. The standard InChI is InChI=1S/C14H20N2O5.2ClH/c1-2-11-14(20)12(18)5-6-16(11)7-8-21-13(19)4-3-10(17)9-15;;/h5-6,20H,2-4,7-9,15H2,1H3;2*1H. The number of carbonyl (C=O) groups excluding carboxylic acids is 2. The Hall–Kier alpha value is -1.57. The lowest BCUT2D eigenvalue weighted by Gasteiger charge is -2.06. The molecule has 0 unspecified atom stereocenters. The van der Waals surface area contributed by atoms with E-state index in [4.69, 9.17) is 4.74 Å². The third-order valence-electron chi connectivity index (χ3n) is 3.09. The van der Waals surface area contributed by atoms with E-state index in [0.29, 0.717) is 18.7 Å². The first-order chi connectivity index (χ1) is 9.99. The van der Waals surface area contributed by atoms with E-state index in [9.17, 15) is 19.8 Å². The lowest BCUT2D eigenvalue weighted by molar-refractivity contribution is -0.705. The van der Waals surface area contributed by atoms with Gasteiger partial charge in [-0.05, 0) is 0 Å². The molecule has 0 bridgehead atoms. The number of aromatic nitrogens is 1. The third kappa shape index (κ3) is 7.49. The highest BCUT2D eigenvalue weighted by atomic mass is 35.5. The molecule has 1 aromatic rings. The monoisotopic (exact) mass is 368 g/mol. The second-order valence-electron chi connectivity index (χ2n) is 4.55. The van der Waals surface area contributed by atoms with E-state index in [1.165, 1.54) is 6.07 Å². The van der Waals surface area contributed by atoms with Gasteiger partial charge in [-0.25, -0.2) is 0 Å². The van der Waals surface area contributed by atoms with Crippen LogP contribution in [-0.2, 0) is 27.3 Å². The first-order valence-electron chi connectivity index (χ1n) is 6.89. The van der Waals surface area contributed by atoms with E-state index >= 15 is 0 Å². The summed E-state index contributed by atoms with van der Waals surface area (Å²) in [6.45, 7) is 2.53. The predicted octanol–water partition coefficient (Wildman–Crippen LogP) is -6.91. The largest absolute Gasteiger partial charge is 1.00 e. The van der Waals surface area contributed by atoms with Crippen LogP contribution in [-0.4, -0.2) is 35.1 Å². The van der Waals surface area contributed by atoms with Crippen molar-refractivity contribution in [1.82, 2.24) is 0 Å². The van der Waals surface area contributed by atoms with Crippen molar-refractivity contribution in [3.63, 3.8) is 0 Å². The highest BCUT2D eigenvalue weighted by molar-refractivity contribution is 5.83. The van der Waals surface area contributed by atoms with Gasteiger partial charge in [0.05, 0.1) is 6.42 Å². The summed E-state index contributed by atoms with van der Waals surface area (Å²) >= 11 is 0. The summed E-state index contributed by atoms with van der Waals surface area (Å²) in [5.41, 5.74) is 4.02. The van der Waals surface area contributed by atoms with Crippen molar-refractivity contribution in [2.45, 2.75) is 32.7 Å². The first-order valence-corrected chi connectivity index (χ1v) is 6.89. The Bertz CT molecular complexity index is 526. The van der Waals surface area contributed by atoms with Gasteiger partial charge in [-0.1, -0.05) is 6.92 Å². The third-order valence-corrected chi connectivity index (χ3v) is 3.09. The zero-order valence-electron chi connectivity index (χ0n) is 12.9. The Balaban J connectivity index is 0. The number of halogens is 2. The second-order valence-corrected chi connectivity index (χ2v) is 4.55. The zero-order valence-corrected chi connectivity index (χ0v) is 14.4. The smallest absolute Gasteiger partial charge is 0.306 e. The molecular weight excluding hydrogens is 347 g/mol. The topological polar surface area (TPSA) is 115 Å². The summed E-state index contributed by atoms with van der Waals surface area (Å²) in [7, 11) is 0. The molecule has 0 radical (unpaired) electrons. The van der Waals surface area contributed by atoms with Gasteiger partial charge in [-0.15, -0.1) is 0 Å². The van der Waals surface area contributed by atoms with Crippen LogP contribution in [0.25, 0.3) is 0 Å². The van der Waals surface area contributed by atoms with Crippen LogP contribution in [0.15, 0.2) is 12.3 Å². The summed E-state index contributed by atoms with van der Waals surface area (Å²) in [6, 6.07) is 1.38. The summed E-state index contributed by atoms with van der Waals surface area (Å²) in [5.74, 6) is -0.837. The fourth-order valence-electron chi connectivity index (χ4n) is 1.89. The van der Waals surface area contributed by atoms with E-state index in [1.807, 2.05) is 6.92 Å². The Morgan fingerprint density at radius 1 is 1.26 bits per heavy atom. The molecule has 0 amide bonds. The number of quaternary nitrogens is 1. The molecule has 0 fully saturated rings. The van der Waals surface area contributed by atoms with E-state index in [-0.39, 0.29) is 68.1 Å². The van der Waals surface area contributed by atoms with Crippen LogP contribution in [0.5, 0.6) is 11.5 Å². The average Bonchev–Trinajstić information content (AvgIpc) is 2.48. The van der Waals surface area contributed by atoms with Gasteiger partial charge < -0.3 is 45.5 Å². The number of hydrogen-bond donors (Lipinski definition) is 3. The van der Waals surface area contributed by atoms with Gasteiger partial charge >= 0.3 is 5.97 Å². The molecule has 7 nitrogen and oxygen atoms in total. The summed E-state index contributed by atoms with van der Waals surface area (Å²) in [4.78, 5) is 22.5. The molecule has 1 rings (SSSR count). The lowest BCUT2D eigenvalue weighted by Crippen LogP contribution is -3.00. The fraction of sp³-hybridized carbons (Fsp3) is 0.500. The molecule has 0 aliphatic heterocycles. The maximum atomic E-state index is 11.4. The predicted molar refractivity (Wildman–Crippen MR) is 72.3 cm³/mol. The van der Waals surface area contributed by atoms with Crippen molar-refractivity contribution in [3.8, 4) is 11.5 Å². The number of hydrogen-bond acceptors (Lipinski definition) is 5. The van der Waals surface area contributed by atoms with Crippen molar-refractivity contribution in [2.24, 2.45) is 0 Å². The van der Waals surface area contributed by atoms with Crippen LogP contribution >= 0.6 is 0 Å². The zero-order chi connectivity index (χ0) is 15.8. The van der Waals surface area contributed by atoms with Crippen molar-refractivity contribution in [1.29, 1.82) is 0 Å². The Morgan fingerprint density at radius 3 is 2.48 bits per heavy atom. The van der Waals surface area contributed by atoms with Crippen LogP contribution in [0.4, 0.5) is 0 Å². The molecule has 0 aromatic carbocycles. The molecule has 0 aliphatic carbocycles. The molecular formula is C14H22Cl2N2O5. The second kappa shape index (κ2) is 11.9. The van der Waals surface area contributed by atoms with Crippen molar-refractivity contribution in [3.05, 3.63) is 18.0 Å². The number of nitrogens with zero attached hydrogens (tertiary/aromatic N) is 1. The Morgan fingerprint density at radius 2 is 1.91 bits per heavy atom. The molecule has 132 valence electrons. The summed E-state index contributed by atoms with van der Waals surface area (Å²) in [6.07, 6.45) is 2.36. The van der Waals surface area contributed by atoms with Gasteiger partial charge in [0, 0.05) is 18.9 Å². The average molecular weight is 369 g/mol. The minimum atomic E-state index is -0.432. The highest BCUT2D eigenvalue weighted by Gasteiger charge is 2.18. The maximum absolute atomic E-state index is 11.4. The number of esters is 1. The van der Waals surface area contributed by atoms with Crippen LogP contribution < -0.4 is 35.1 Å². The minimum absolute atomic E-state index is 0. The van der Waals surface area contributed by atoms with E-state index in [2.05, 4.69) is 5.73 Å². The van der Waals surface area contributed by atoms with Gasteiger partial charge in [0.25, 0.3) is 0 Å². The van der Waals surface area contributed by atoms with E-state index in [0.717, 1.165) is 0 Å². The number of rotatable bonds is 8. The SMILES string of the molecule is CCc1c(O)c(O)cc[n+]1CCOC(=O)CCC(=O)C[NH3+].[Cl-].[Cl-]. The summed E-state index contributed by atoms with van der Waals surface area (Å²) < 4.78 is 6.75. The number of pyridine rings is 1. The number of aromatic hydroxyl groups is 2. The molecule has 0 atom stereocenters. The molecule has 23 heavy (non-hydrogen) atoms. The summed E-state index contributed by atoms with van der Waals surface area (Å²) in [5, 5.41) is 19.2. The molecule has 0 saturated carbocycles. The van der Waals surface area contributed by atoms with Crippen LogP contribution in [0, 0.1) is 0 Å². The number of Topliss-reactive ketones (excluding diaryl/α,β-unsaturated/α-hetero) is 1. The lowest BCUT2D eigenvalue weighted by atomic mass is 10.2. The van der Waals surface area contributed by atoms with Crippen LogP contribution in [0.3, 0.4) is 0 Å². The normalized spacial score (nSPS) is 9.48. The maximum Gasteiger partial charge on any atom is 0.306 e. The number of ether oxygens (including phenoxy) is 1. The molecule has 1 aromatic heterocycles. The van der Waals surface area contributed by atoms with Gasteiger partial charge in [0.1, 0.15) is 6.54 Å². The van der Waals surface area contributed by atoms with Crippen LogP contribution in [0.1, 0.15) is 25.5 Å². The van der Waals surface area contributed by atoms with E-state index in [1.54, 1.807) is 10.8 Å². The minimum Gasteiger partial charge on any atom is -1.00 e. The molecule has 0 saturated heterocycles. The molecule has 1 heterocycles. The molecule has 0 spiro atoms. The molecule has 5 N–H and O–H groups in total. The number of carbonyl (C=O) groups is 2. The van der Waals surface area contributed by atoms with Crippen molar-refractivity contribution < 1.29 is 59.7 Å². The van der Waals surface area contributed by atoms with Gasteiger partial charge in [-0.3, -0.25) is 9.59 Å². The highest BCUT2D eigenvalue weighted by Crippen LogP contribution is 2.25. The fourth-order valence-corrected chi connectivity index (χ4v) is 1.89. The first kappa shape index (κ1) is 23.7. The van der Waals surface area contributed by atoms with Crippen molar-refractivity contribution in [2.75, 3.05) is 13.2 Å². The van der Waals surface area contributed by atoms with E-state index < -0.39 is 5.97 Å². The van der Waals surface area contributed by atoms with Gasteiger partial charge in [-0.2, -0.15) is 4.57 Å². The molecule has 0 aliphatic rings. The molecule has 9 heteroatoms. The van der Waals surface area contributed by atoms with Crippen molar-refractivity contribution >= 4 is 11.8 Å². The Labute approximate surface area is 147 Å². The van der Waals surface area contributed by atoms with Crippen LogP contribution in [0.2, 0.25) is 0 Å². The Kier molecular flexibility index (Phi) is 12.3. The van der Waals surface area contributed by atoms with Gasteiger partial charge in [0.15, 0.2) is 30.9 Å².